The maximum absolute atomic E-state index is 11.3. The summed E-state index contributed by atoms with van der Waals surface area (Å²) in [5.74, 6) is -0.387. The third-order valence-corrected chi connectivity index (χ3v) is 2.18. The predicted molar refractivity (Wildman–Crippen MR) is 61.5 cm³/mol. The molecule has 0 bridgehead atoms. The lowest BCUT2D eigenvalue weighted by Crippen LogP contribution is -2.08. The molecule has 88 valence electrons. The van der Waals surface area contributed by atoms with Gasteiger partial charge in [-0.3, -0.25) is 0 Å². The first-order valence-electron chi connectivity index (χ1n) is 5.40. The number of benzene rings is 1. The van der Waals surface area contributed by atoms with Crippen LogP contribution in [0.25, 0.3) is 0 Å². The molecular weight excluding hydrogens is 218 g/mol. The van der Waals surface area contributed by atoms with Crippen molar-refractivity contribution in [1.82, 2.24) is 14.8 Å². The van der Waals surface area contributed by atoms with Crippen LogP contribution < -0.4 is 0 Å². The van der Waals surface area contributed by atoms with Crippen LogP contribution in [0, 0.1) is 0 Å². The maximum Gasteiger partial charge on any atom is 0.378 e. The highest BCUT2D eigenvalue weighted by Gasteiger charge is 2.11. The molecule has 0 fully saturated rings. The van der Waals surface area contributed by atoms with Crippen molar-refractivity contribution < 1.29 is 9.53 Å². The average molecular weight is 231 g/mol. The smallest absolute Gasteiger partial charge is 0.378 e. The van der Waals surface area contributed by atoms with Crippen molar-refractivity contribution in [2.45, 2.75) is 13.5 Å². The standard InChI is InChI=1S/C12H13N3O2/c1-2-17-12(16)11-13-9-15(14-11)8-10-6-4-3-5-7-10/h3-7,9H,2,8H2,1H3. The topological polar surface area (TPSA) is 57.0 Å². The fourth-order valence-corrected chi connectivity index (χ4v) is 1.43. The van der Waals surface area contributed by atoms with Crippen LogP contribution >= 0.6 is 0 Å². The summed E-state index contributed by atoms with van der Waals surface area (Å²) in [6.45, 7) is 2.66. The second kappa shape index (κ2) is 5.25. The van der Waals surface area contributed by atoms with E-state index >= 15 is 0 Å². The molecule has 0 saturated heterocycles. The first-order chi connectivity index (χ1) is 8.29. The van der Waals surface area contributed by atoms with Gasteiger partial charge in [-0.15, -0.1) is 5.10 Å². The molecule has 5 heteroatoms. The zero-order valence-corrected chi connectivity index (χ0v) is 9.54. The molecule has 0 aliphatic heterocycles. The summed E-state index contributed by atoms with van der Waals surface area (Å²) >= 11 is 0. The fraction of sp³-hybridized carbons (Fsp3) is 0.250. The Bertz CT molecular complexity index is 493. The highest BCUT2D eigenvalue weighted by Crippen LogP contribution is 2.01. The van der Waals surface area contributed by atoms with Crippen LogP contribution in [0.4, 0.5) is 0 Å². The van der Waals surface area contributed by atoms with Crippen molar-refractivity contribution >= 4 is 5.97 Å². The van der Waals surface area contributed by atoms with Crippen molar-refractivity contribution in [3.8, 4) is 0 Å². The molecule has 0 radical (unpaired) electrons. The third-order valence-electron chi connectivity index (χ3n) is 2.18. The van der Waals surface area contributed by atoms with Crippen molar-refractivity contribution in [2.24, 2.45) is 0 Å². The van der Waals surface area contributed by atoms with Crippen LogP contribution in [-0.2, 0) is 11.3 Å². The molecule has 2 rings (SSSR count). The van der Waals surface area contributed by atoms with Crippen LogP contribution in [0.2, 0.25) is 0 Å². The molecule has 0 aliphatic carbocycles. The van der Waals surface area contributed by atoms with Gasteiger partial charge in [0.05, 0.1) is 13.2 Å². The van der Waals surface area contributed by atoms with Gasteiger partial charge in [-0.2, -0.15) is 0 Å². The van der Waals surface area contributed by atoms with Crippen molar-refractivity contribution in [3.05, 3.63) is 48.0 Å². The summed E-state index contributed by atoms with van der Waals surface area (Å²) in [7, 11) is 0. The lowest BCUT2D eigenvalue weighted by Gasteiger charge is -1.99. The molecule has 0 aliphatic rings. The van der Waals surface area contributed by atoms with E-state index in [1.165, 1.54) is 6.33 Å². The number of rotatable bonds is 4. The van der Waals surface area contributed by atoms with Crippen molar-refractivity contribution in [1.29, 1.82) is 0 Å². The van der Waals surface area contributed by atoms with Gasteiger partial charge in [-0.1, -0.05) is 30.3 Å². The Morgan fingerprint density at radius 3 is 2.82 bits per heavy atom. The van der Waals surface area contributed by atoms with Gasteiger partial charge in [0, 0.05) is 0 Å². The van der Waals surface area contributed by atoms with Gasteiger partial charge in [0.1, 0.15) is 6.33 Å². The number of esters is 1. The molecule has 0 spiro atoms. The lowest BCUT2D eigenvalue weighted by molar-refractivity contribution is 0.0512. The largest absolute Gasteiger partial charge is 0.460 e. The molecule has 0 N–H and O–H groups in total. The average Bonchev–Trinajstić information content (AvgIpc) is 2.79. The summed E-state index contributed by atoms with van der Waals surface area (Å²) in [6.07, 6.45) is 1.53. The summed E-state index contributed by atoms with van der Waals surface area (Å²) < 4.78 is 6.43. The van der Waals surface area contributed by atoms with Gasteiger partial charge in [0.25, 0.3) is 5.82 Å². The van der Waals surface area contributed by atoms with E-state index in [4.69, 9.17) is 4.74 Å². The van der Waals surface area contributed by atoms with Gasteiger partial charge in [0.2, 0.25) is 0 Å². The highest BCUT2D eigenvalue weighted by molar-refractivity contribution is 5.84. The molecule has 17 heavy (non-hydrogen) atoms. The molecule has 0 atom stereocenters. The van der Waals surface area contributed by atoms with Crippen LogP contribution in [0.1, 0.15) is 23.1 Å². The number of ether oxygens (including phenoxy) is 1. The number of carbonyl (C=O) groups is 1. The van der Waals surface area contributed by atoms with Crippen LogP contribution in [-0.4, -0.2) is 27.3 Å². The van der Waals surface area contributed by atoms with E-state index in [9.17, 15) is 4.79 Å². The number of carbonyl (C=O) groups excluding carboxylic acids is 1. The minimum absolute atomic E-state index is 0.0998. The number of hydrogen-bond acceptors (Lipinski definition) is 4. The molecule has 0 unspecified atom stereocenters. The Morgan fingerprint density at radius 1 is 1.35 bits per heavy atom. The Hall–Kier alpha value is -2.17. The molecule has 1 aromatic heterocycles. The van der Waals surface area contributed by atoms with E-state index in [2.05, 4.69) is 10.1 Å². The van der Waals surface area contributed by atoms with E-state index in [0.29, 0.717) is 13.2 Å². The Balaban J connectivity index is 2.06. The number of aromatic nitrogens is 3. The minimum atomic E-state index is -0.487. The highest BCUT2D eigenvalue weighted by atomic mass is 16.5. The van der Waals surface area contributed by atoms with Crippen LogP contribution in [0.15, 0.2) is 36.7 Å². The van der Waals surface area contributed by atoms with E-state index in [0.717, 1.165) is 5.56 Å². The van der Waals surface area contributed by atoms with Crippen LogP contribution in [0.5, 0.6) is 0 Å². The molecular formula is C12H13N3O2. The first kappa shape index (κ1) is 11.3. The summed E-state index contributed by atoms with van der Waals surface area (Å²) in [6, 6.07) is 9.85. The van der Waals surface area contributed by atoms with Gasteiger partial charge < -0.3 is 4.74 Å². The summed E-state index contributed by atoms with van der Waals surface area (Å²) in [4.78, 5) is 15.3. The van der Waals surface area contributed by atoms with Gasteiger partial charge in [-0.25, -0.2) is 14.5 Å². The SMILES string of the molecule is CCOC(=O)c1ncn(Cc2ccccc2)n1. The normalized spacial score (nSPS) is 10.2. The molecule has 1 aromatic carbocycles. The molecule has 5 nitrogen and oxygen atoms in total. The lowest BCUT2D eigenvalue weighted by atomic mass is 10.2. The van der Waals surface area contributed by atoms with Gasteiger partial charge in [0.15, 0.2) is 0 Å². The zero-order valence-electron chi connectivity index (χ0n) is 9.54. The van der Waals surface area contributed by atoms with E-state index in [1.54, 1.807) is 11.6 Å². The Kier molecular flexibility index (Phi) is 3.49. The first-order valence-corrected chi connectivity index (χ1v) is 5.40. The number of nitrogens with zero attached hydrogens (tertiary/aromatic N) is 3. The van der Waals surface area contributed by atoms with E-state index in [1.807, 2.05) is 30.3 Å². The second-order valence-corrected chi connectivity index (χ2v) is 3.47. The van der Waals surface area contributed by atoms with E-state index < -0.39 is 5.97 Å². The maximum atomic E-state index is 11.3. The van der Waals surface area contributed by atoms with Crippen molar-refractivity contribution in [3.63, 3.8) is 0 Å². The number of hydrogen-bond donors (Lipinski definition) is 0. The Morgan fingerprint density at radius 2 is 2.12 bits per heavy atom. The van der Waals surface area contributed by atoms with Gasteiger partial charge in [-0.05, 0) is 12.5 Å². The van der Waals surface area contributed by atoms with Gasteiger partial charge >= 0.3 is 5.97 Å². The van der Waals surface area contributed by atoms with Crippen molar-refractivity contribution in [2.75, 3.05) is 6.61 Å². The molecule has 1 heterocycles. The monoisotopic (exact) mass is 231 g/mol. The third kappa shape index (κ3) is 2.90. The molecule has 0 amide bonds. The zero-order chi connectivity index (χ0) is 12.1. The molecule has 2 aromatic rings. The minimum Gasteiger partial charge on any atom is -0.460 e. The predicted octanol–water partition coefficient (Wildman–Crippen LogP) is 1.50. The quantitative estimate of drug-likeness (QED) is 0.748. The molecule has 0 saturated carbocycles. The summed E-state index contributed by atoms with van der Waals surface area (Å²) in [5, 5.41) is 4.06. The summed E-state index contributed by atoms with van der Waals surface area (Å²) in [5.41, 5.74) is 1.10. The fourth-order valence-electron chi connectivity index (χ4n) is 1.43. The second-order valence-electron chi connectivity index (χ2n) is 3.47. The Labute approximate surface area is 99.1 Å². The van der Waals surface area contributed by atoms with Crippen LogP contribution in [0.3, 0.4) is 0 Å². The van der Waals surface area contributed by atoms with E-state index in [-0.39, 0.29) is 5.82 Å².